The van der Waals surface area contributed by atoms with Crippen LogP contribution in [0.4, 0.5) is 0 Å². The molecule has 0 atom stereocenters. The maximum Gasteiger partial charge on any atom is 0.176 e. The maximum atomic E-state index is 5.03. The quantitative estimate of drug-likeness (QED) is 0.477. The Labute approximate surface area is 171 Å². The lowest BCUT2D eigenvalue weighted by atomic mass is 9.86. The molecule has 6 heteroatoms. The van der Waals surface area contributed by atoms with Gasteiger partial charge in [0.15, 0.2) is 11.6 Å². The van der Waals surface area contributed by atoms with Gasteiger partial charge in [-0.2, -0.15) is 0 Å². The van der Waals surface area contributed by atoms with E-state index in [9.17, 15) is 0 Å². The maximum absolute atomic E-state index is 5.03. The molecule has 2 N–H and O–H groups in total. The van der Waals surface area contributed by atoms with E-state index in [0.717, 1.165) is 29.5 Å². The minimum Gasteiger partial charge on any atom is -0.361 e. The molecule has 0 amide bonds. The molecule has 29 heavy (non-hydrogen) atoms. The number of nitrogens with zero attached hydrogens (tertiary/aromatic N) is 4. The van der Waals surface area contributed by atoms with Crippen LogP contribution >= 0.6 is 0 Å². The van der Waals surface area contributed by atoms with Gasteiger partial charge in [0.2, 0.25) is 0 Å². The third-order valence-corrected chi connectivity index (χ3v) is 6.45. The SMILES string of the molecule is Cn1cc2nc1-c1nc(cn1C)C(C)(C)c1ccc([nH]1)Cc1ccc([nH]1)C2(C)C. The van der Waals surface area contributed by atoms with Gasteiger partial charge >= 0.3 is 0 Å². The predicted octanol–water partition coefficient (Wildman–Crippen LogP) is 4.03. The van der Waals surface area contributed by atoms with Gasteiger partial charge < -0.3 is 19.1 Å². The molecule has 5 rings (SSSR count). The Morgan fingerprint density at radius 1 is 0.724 bits per heavy atom. The summed E-state index contributed by atoms with van der Waals surface area (Å²) in [7, 11) is 4.09. The summed E-state index contributed by atoms with van der Waals surface area (Å²) in [4.78, 5) is 17.3. The second kappa shape index (κ2) is 5.75. The average Bonchev–Trinajstić information content (AvgIpc) is 3.41. The molecule has 5 heterocycles. The molecule has 6 nitrogen and oxygen atoms in total. The molecule has 0 fully saturated rings. The summed E-state index contributed by atoms with van der Waals surface area (Å²) in [6.45, 7) is 8.86. The third-order valence-electron chi connectivity index (χ3n) is 6.45. The van der Waals surface area contributed by atoms with Crippen molar-refractivity contribution < 1.29 is 0 Å². The van der Waals surface area contributed by atoms with Crippen LogP contribution in [0.15, 0.2) is 36.7 Å². The monoisotopic (exact) mass is 388 g/mol. The van der Waals surface area contributed by atoms with Crippen molar-refractivity contribution in [3.8, 4) is 11.6 Å². The van der Waals surface area contributed by atoms with Gasteiger partial charge in [0.25, 0.3) is 0 Å². The minimum atomic E-state index is -0.234. The summed E-state index contributed by atoms with van der Waals surface area (Å²) >= 11 is 0. The van der Waals surface area contributed by atoms with E-state index in [0.29, 0.717) is 0 Å². The van der Waals surface area contributed by atoms with E-state index in [1.807, 2.05) is 14.1 Å². The van der Waals surface area contributed by atoms with Gasteiger partial charge in [-0.05, 0) is 52.0 Å². The van der Waals surface area contributed by atoms with Crippen molar-refractivity contribution in [1.82, 2.24) is 29.1 Å². The van der Waals surface area contributed by atoms with Crippen molar-refractivity contribution >= 4 is 0 Å². The first-order chi connectivity index (χ1) is 13.7. The zero-order valence-corrected chi connectivity index (χ0v) is 18.0. The Hall–Kier alpha value is -3.02. The van der Waals surface area contributed by atoms with Crippen molar-refractivity contribution in [2.75, 3.05) is 0 Å². The van der Waals surface area contributed by atoms with E-state index in [1.165, 1.54) is 22.8 Å². The molecule has 1 aliphatic rings. The third kappa shape index (κ3) is 2.62. The van der Waals surface area contributed by atoms with Crippen molar-refractivity contribution in [3.63, 3.8) is 0 Å². The van der Waals surface area contributed by atoms with Crippen molar-refractivity contribution in [2.24, 2.45) is 14.1 Å². The molecule has 150 valence electrons. The number of aromatic amines is 2. The molecule has 4 aromatic rings. The fourth-order valence-corrected chi connectivity index (χ4v) is 4.25. The molecular weight excluding hydrogens is 360 g/mol. The highest BCUT2D eigenvalue weighted by Gasteiger charge is 2.32. The van der Waals surface area contributed by atoms with Crippen molar-refractivity contribution in [3.05, 3.63) is 70.8 Å². The largest absolute Gasteiger partial charge is 0.361 e. The van der Waals surface area contributed by atoms with Gasteiger partial charge in [0.1, 0.15) is 0 Å². The first kappa shape index (κ1) is 18.0. The molecular formula is C23H28N6. The smallest absolute Gasteiger partial charge is 0.176 e. The van der Waals surface area contributed by atoms with Crippen LogP contribution < -0.4 is 0 Å². The zero-order valence-electron chi connectivity index (χ0n) is 18.0. The number of hydrogen-bond donors (Lipinski definition) is 2. The minimum absolute atomic E-state index is 0.234. The number of hydrogen-bond acceptors (Lipinski definition) is 2. The fraction of sp³-hybridized carbons (Fsp3) is 0.391. The van der Waals surface area contributed by atoms with Crippen LogP contribution in [0.25, 0.3) is 11.6 Å². The van der Waals surface area contributed by atoms with Gasteiger partial charge in [-0.1, -0.05) is 0 Å². The lowest BCUT2D eigenvalue weighted by molar-refractivity contribution is 0.599. The Kier molecular flexibility index (Phi) is 3.58. The van der Waals surface area contributed by atoms with E-state index >= 15 is 0 Å². The summed E-state index contributed by atoms with van der Waals surface area (Å²) in [5, 5.41) is 0. The summed E-state index contributed by atoms with van der Waals surface area (Å²) in [6, 6.07) is 8.73. The van der Waals surface area contributed by atoms with E-state index < -0.39 is 0 Å². The molecule has 1 aliphatic heterocycles. The van der Waals surface area contributed by atoms with E-state index in [1.54, 1.807) is 0 Å². The summed E-state index contributed by atoms with van der Waals surface area (Å²) < 4.78 is 4.16. The Morgan fingerprint density at radius 3 is 1.55 bits per heavy atom. The normalized spacial score (nSPS) is 17.0. The van der Waals surface area contributed by atoms with Crippen LogP contribution in [0.1, 0.15) is 61.9 Å². The highest BCUT2D eigenvalue weighted by atomic mass is 15.2. The van der Waals surface area contributed by atoms with Gasteiger partial charge in [-0.25, -0.2) is 9.97 Å². The average molecular weight is 389 g/mol. The number of nitrogens with one attached hydrogen (secondary N) is 2. The molecule has 0 saturated heterocycles. The molecule has 0 aromatic carbocycles. The van der Waals surface area contributed by atoms with Gasteiger partial charge in [-0.15, -0.1) is 0 Å². The van der Waals surface area contributed by atoms with Crippen molar-refractivity contribution in [1.29, 1.82) is 0 Å². The fourth-order valence-electron chi connectivity index (χ4n) is 4.25. The summed E-state index contributed by atoms with van der Waals surface area (Å²) in [6.07, 6.45) is 5.09. The summed E-state index contributed by atoms with van der Waals surface area (Å²) in [5.74, 6) is 1.76. The molecule has 4 aromatic heterocycles. The second-order valence-electron chi connectivity index (χ2n) is 9.34. The van der Waals surface area contributed by atoms with Gasteiger partial charge in [0.05, 0.1) is 11.4 Å². The van der Waals surface area contributed by atoms with Crippen LogP contribution in [0.3, 0.4) is 0 Å². The number of aryl methyl sites for hydroxylation is 2. The van der Waals surface area contributed by atoms with Crippen molar-refractivity contribution in [2.45, 2.75) is 44.9 Å². The molecule has 0 aliphatic carbocycles. The zero-order chi connectivity index (χ0) is 20.6. The predicted molar refractivity (Wildman–Crippen MR) is 114 cm³/mol. The first-order valence-corrected chi connectivity index (χ1v) is 10.1. The molecule has 0 radical (unpaired) electrons. The van der Waals surface area contributed by atoms with E-state index in [-0.39, 0.29) is 10.8 Å². The lowest BCUT2D eigenvalue weighted by Gasteiger charge is -2.21. The molecule has 0 spiro atoms. The topological polar surface area (TPSA) is 67.2 Å². The van der Waals surface area contributed by atoms with Crippen LogP contribution in [-0.2, 0) is 31.3 Å². The number of fused-ring (bicyclic) bond motifs is 9. The number of rotatable bonds is 0. The molecule has 8 bridgehead atoms. The van der Waals surface area contributed by atoms with E-state index in [2.05, 4.69) is 83.5 Å². The first-order valence-electron chi connectivity index (χ1n) is 10.1. The molecule has 0 saturated carbocycles. The Bertz CT molecular complexity index is 1120. The standard InChI is InChI=1S/C23H28N6/c1-22(2)16-9-7-14(24-16)11-15-8-10-17(25-15)23(3,4)19-13-29(6)21(27-19)20-26-18(22)12-28(20)5/h7-10,12-13,24-25H,11H2,1-6H3. The second-order valence-corrected chi connectivity index (χ2v) is 9.34. The lowest BCUT2D eigenvalue weighted by Crippen LogP contribution is -2.20. The van der Waals surface area contributed by atoms with Crippen LogP contribution in [-0.4, -0.2) is 29.1 Å². The van der Waals surface area contributed by atoms with Crippen LogP contribution in [0, 0.1) is 0 Å². The number of aromatic nitrogens is 6. The Balaban J connectivity index is 1.78. The Morgan fingerprint density at radius 2 is 1.14 bits per heavy atom. The van der Waals surface area contributed by atoms with Gasteiger partial charge in [0, 0.05) is 66.5 Å². The van der Waals surface area contributed by atoms with Gasteiger partial charge in [-0.3, -0.25) is 0 Å². The van der Waals surface area contributed by atoms with Crippen LogP contribution in [0.2, 0.25) is 0 Å². The van der Waals surface area contributed by atoms with Crippen LogP contribution in [0.5, 0.6) is 0 Å². The summed E-state index contributed by atoms with van der Waals surface area (Å²) in [5.41, 5.74) is 6.33. The van der Waals surface area contributed by atoms with E-state index in [4.69, 9.17) is 9.97 Å². The number of imidazole rings is 2. The number of H-pyrrole nitrogens is 2. The molecule has 0 unspecified atom stereocenters. The highest BCUT2D eigenvalue weighted by Crippen LogP contribution is 2.35. The highest BCUT2D eigenvalue weighted by molar-refractivity contribution is 5.50.